The number of rotatable bonds is 12. The zero-order valence-corrected chi connectivity index (χ0v) is 50.9. The third kappa shape index (κ3) is 9.40. The summed E-state index contributed by atoms with van der Waals surface area (Å²) in [4.78, 5) is 15.9. The maximum Gasteiger partial charge on any atom is 2.00 e. The molecule has 0 fully saturated rings. The van der Waals surface area contributed by atoms with Crippen LogP contribution in [0.1, 0.15) is 107 Å². The van der Waals surface area contributed by atoms with Gasteiger partial charge in [-0.15, -0.1) is 23.8 Å². The van der Waals surface area contributed by atoms with Crippen molar-refractivity contribution < 1.29 is 30.2 Å². The molecular weight excluding hydrogens is 1210 g/mol. The number of nitrogens with zero attached hydrogens (tertiary/aromatic N) is 5. The standard InChI is InChI=1S/C76H63N5O2.Pt/c1-44(2)58-36-53(49-21-12-10-13-22-49)37-59(45(3)4)72(58)80-69-29-18-16-27-67(69)78-75(80)52-25-20-26-55(35-52)82-56-41-64-63-43-62-51(32-34-66-57(62)33-31-48(9)77-66)40-71(63)83-74(64)65(42-56)76-79-68-28-17-19-30-70(68)81(76)73-60(46(5)6)38-54(39-61(73)47(7)8)50-23-14-11-15-24-50;/h10-34,36-41,43-47H,1-9H3;/q-2;+2. The van der Waals surface area contributed by atoms with Crippen molar-refractivity contribution in [3.8, 4) is 67.9 Å². The van der Waals surface area contributed by atoms with Crippen molar-refractivity contribution in [3.05, 3.63) is 234 Å². The smallest absolute Gasteiger partial charge is 0.501 e. The normalized spacial score (nSPS) is 12.0. The van der Waals surface area contributed by atoms with E-state index in [1.807, 2.05) is 19.1 Å². The van der Waals surface area contributed by atoms with E-state index in [4.69, 9.17) is 24.1 Å². The van der Waals surface area contributed by atoms with Crippen LogP contribution in [0.2, 0.25) is 0 Å². The summed E-state index contributed by atoms with van der Waals surface area (Å²) in [6, 6.07) is 76.4. The molecule has 0 atom stereocenters. The SMILES string of the molecule is Cc1ccc2c(ccc3cc4oc5c(-c6nc7ccccc7n6-c6c(C(C)C)cc(-c7ccccc7)cc6C(C)C)[c-]c(Oc6[c-]c(-c7nc8ccccc8n7-c7c(C(C)C)cc(-c8ccccc8)cc7C(C)C)ccc6)cc5c4cc32)n1.[Pt+2]. The molecule has 7 nitrogen and oxygen atoms in total. The van der Waals surface area contributed by atoms with Crippen LogP contribution in [0.5, 0.6) is 11.5 Å². The molecule has 14 aromatic rings. The second-order valence-electron chi connectivity index (χ2n) is 23.4. The molecule has 8 heteroatoms. The van der Waals surface area contributed by atoms with Gasteiger partial charge in [0.05, 0.1) is 44.8 Å². The van der Waals surface area contributed by atoms with E-state index in [0.717, 1.165) is 88.6 Å². The van der Waals surface area contributed by atoms with Crippen LogP contribution < -0.4 is 4.74 Å². The number of ether oxygens (including phenoxy) is 1. The van der Waals surface area contributed by atoms with Crippen molar-refractivity contribution in [2.24, 2.45) is 0 Å². The maximum absolute atomic E-state index is 7.18. The van der Waals surface area contributed by atoms with Gasteiger partial charge < -0.3 is 18.3 Å². The minimum Gasteiger partial charge on any atom is -0.501 e. The molecule has 0 N–H and O–H groups in total. The van der Waals surface area contributed by atoms with Gasteiger partial charge in [-0.05, 0) is 159 Å². The van der Waals surface area contributed by atoms with E-state index in [-0.39, 0.29) is 44.7 Å². The van der Waals surface area contributed by atoms with Gasteiger partial charge in [-0.1, -0.05) is 182 Å². The molecule has 0 aliphatic rings. The molecule has 10 aromatic carbocycles. The predicted molar refractivity (Wildman–Crippen MR) is 343 cm³/mol. The molecule has 84 heavy (non-hydrogen) atoms. The summed E-state index contributed by atoms with van der Waals surface area (Å²) in [6.07, 6.45) is 0. The number of benzene rings is 10. The Morgan fingerprint density at radius 3 is 1.52 bits per heavy atom. The van der Waals surface area contributed by atoms with Crippen LogP contribution in [0.15, 0.2) is 199 Å². The molecule has 0 saturated heterocycles. The monoisotopic (exact) mass is 1270 g/mol. The number of imidazole rings is 2. The molecule has 414 valence electrons. The first-order valence-electron chi connectivity index (χ1n) is 29.1. The molecule has 0 amide bonds. The number of aromatic nitrogens is 5. The molecule has 0 aliphatic carbocycles. The third-order valence-electron chi connectivity index (χ3n) is 16.5. The molecule has 14 rings (SSSR count). The molecule has 0 saturated carbocycles. The van der Waals surface area contributed by atoms with Gasteiger partial charge in [0.15, 0.2) is 0 Å². The first-order chi connectivity index (χ1) is 40.3. The van der Waals surface area contributed by atoms with E-state index in [1.165, 1.54) is 44.5 Å². The average Bonchev–Trinajstić information content (AvgIpc) is 2.39. The van der Waals surface area contributed by atoms with Gasteiger partial charge in [-0.2, -0.15) is 0 Å². The summed E-state index contributed by atoms with van der Waals surface area (Å²) in [6.45, 7) is 20.3. The van der Waals surface area contributed by atoms with Crippen molar-refractivity contribution >= 4 is 65.7 Å². The molecule has 0 unspecified atom stereocenters. The second kappa shape index (κ2) is 21.7. The molecular formula is C76H63N5O2Pt. The molecule has 0 bridgehead atoms. The summed E-state index contributed by atoms with van der Waals surface area (Å²) in [5, 5.41) is 5.07. The number of furan rings is 1. The van der Waals surface area contributed by atoms with Gasteiger partial charge >= 0.3 is 21.1 Å². The van der Waals surface area contributed by atoms with Crippen molar-refractivity contribution in [1.82, 2.24) is 24.1 Å². The van der Waals surface area contributed by atoms with Gasteiger partial charge in [-0.25, -0.2) is 0 Å². The van der Waals surface area contributed by atoms with Gasteiger partial charge in [0.2, 0.25) is 0 Å². The molecule has 0 spiro atoms. The molecule has 4 heterocycles. The second-order valence-corrected chi connectivity index (χ2v) is 23.4. The Kier molecular flexibility index (Phi) is 14.0. The fourth-order valence-electron chi connectivity index (χ4n) is 12.4. The van der Waals surface area contributed by atoms with Crippen LogP contribution in [0.3, 0.4) is 0 Å². The summed E-state index contributed by atoms with van der Waals surface area (Å²) in [5.74, 6) is 3.28. The first kappa shape index (κ1) is 54.4. The van der Waals surface area contributed by atoms with Crippen LogP contribution in [-0.4, -0.2) is 24.1 Å². The number of hydrogen-bond donors (Lipinski definition) is 0. The Morgan fingerprint density at radius 2 is 0.952 bits per heavy atom. The van der Waals surface area contributed by atoms with Crippen LogP contribution in [0, 0.1) is 19.1 Å². The summed E-state index contributed by atoms with van der Waals surface area (Å²) in [7, 11) is 0. The Bertz CT molecular complexity index is 4800. The van der Waals surface area contributed by atoms with E-state index in [0.29, 0.717) is 28.5 Å². The Morgan fingerprint density at radius 1 is 0.417 bits per heavy atom. The van der Waals surface area contributed by atoms with Gasteiger partial charge in [0, 0.05) is 39.3 Å². The van der Waals surface area contributed by atoms with Crippen molar-refractivity contribution in [2.45, 2.75) is 86.0 Å². The van der Waals surface area contributed by atoms with Gasteiger partial charge in [0.1, 0.15) is 5.58 Å². The van der Waals surface area contributed by atoms with Gasteiger partial charge in [-0.3, -0.25) is 15.0 Å². The number of aryl methyl sites for hydroxylation is 1. The van der Waals surface area contributed by atoms with Crippen molar-refractivity contribution in [3.63, 3.8) is 0 Å². The molecule has 0 aliphatic heterocycles. The van der Waals surface area contributed by atoms with Crippen LogP contribution >= 0.6 is 0 Å². The topological polar surface area (TPSA) is 70.9 Å². The minimum absolute atomic E-state index is 0. The van der Waals surface area contributed by atoms with Crippen LogP contribution in [0.4, 0.5) is 0 Å². The predicted octanol–water partition coefficient (Wildman–Crippen LogP) is 20.8. The number of para-hydroxylation sites is 4. The fraction of sp³-hybridized carbons (Fsp3) is 0.171. The Balaban J connectivity index is 0.00000658. The zero-order valence-electron chi connectivity index (χ0n) is 48.7. The van der Waals surface area contributed by atoms with Crippen molar-refractivity contribution in [1.29, 1.82) is 0 Å². The Labute approximate surface area is 504 Å². The quantitative estimate of drug-likeness (QED) is 0.0900. The minimum atomic E-state index is 0. The van der Waals surface area contributed by atoms with Crippen LogP contribution in [-0.2, 0) is 21.1 Å². The van der Waals surface area contributed by atoms with E-state index in [9.17, 15) is 0 Å². The van der Waals surface area contributed by atoms with Crippen LogP contribution in [0.25, 0.3) is 122 Å². The average molecular weight is 1270 g/mol. The zero-order chi connectivity index (χ0) is 56.8. The molecule has 0 radical (unpaired) electrons. The van der Waals surface area contributed by atoms with E-state index in [2.05, 4.69) is 259 Å². The van der Waals surface area contributed by atoms with Gasteiger partial charge in [0.25, 0.3) is 0 Å². The summed E-state index contributed by atoms with van der Waals surface area (Å²) >= 11 is 0. The maximum atomic E-state index is 7.18. The van der Waals surface area contributed by atoms with Crippen molar-refractivity contribution in [2.75, 3.05) is 0 Å². The first-order valence-corrected chi connectivity index (χ1v) is 29.1. The Hall–Kier alpha value is -8.90. The third-order valence-corrected chi connectivity index (χ3v) is 16.5. The fourth-order valence-corrected chi connectivity index (χ4v) is 12.4. The number of fused-ring (bicyclic) bond motifs is 8. The number of pyridine rings is 1. The summed E-state index contributed by atoms with van der Waals surface area (Å²) < 4.78 is 19.1. The van der Waals surface area contributed by atoms with E-state index < -0.39 is 0 Å². The summed E-state index contributed by atoms with van der Waals surface area (Å²) in [5.41, 5.74) is 20.6. The van der Waals surface area contributed by atoms with E-state index >= 15 is 0 Å². The number of hydrogen-bond acceptors (Lipinski definition) is 5. The van der Waals surface area contributed by atoms with E-state index in [1.54, 1.807) is 0 Å². The largest absolute Gasteiger partial charge is 2.00 e. The molecule has 4 aromatic heterocycles.